The molecule has 76 valence electrons. The molecule has 0 aromatic carbocycles. The second-order valence-corrected chi connectivity index (χ2v) is 4.43. The monoisotopic (exact) mass is 180 g/mol. The van der Waals surface area contributed by atoms with Crippen molar-refractivity contribution in [2.24, 2.45) is 0 Å². The number of rotatable bonds is 0. The lowest BCUT2D eigenvalue weighted by molar-refractivity contribution is 0.540. The molecular weight excluding hydrogens is 156 g/mol. The van der Waals surface area contributed by atoms with E-state index in [1.165, 1.54) is 76.2 Å². The molecule has 0 unspecified atom stereocenters. The molecule has 1 aliphatic carbocycles. The van der Waals surface area contributed by atoms with Crippen LogP contribution in [0.25, 0.3) is 0 Å². The third kappa shape index (κ3) is 5.90. The Balaban J connectivity index is 2.14. The quantitative estimate of drug-likeness (QED) is 0.468. The van der Waals surface area contributed by atoms with Crippen molar-refractivity contribution in [2.75, 3.05) is 0 Å². The molecule has 1 fully saturated rings. The van der Waals surface area contributed by atoms with E-state index in [-0.39, 0.29) is 0 Å². The summed E-state index contributed by atoms with van der Waals surface area (Å²) in [5.41, 5.74) is 1.50. The van der Waals surface area contributed by atoms with Crippen molar-refractivity contribution in [3.63, 3.8) is 0 Å². The maximum absolute atomic E-state index is 4.14. The zero-order valence-electron chi connectivity index (χ0n) is 8.99. The summed E-state index contributed by atoms with van der Waals surface area (Å²) in [4.78, 5) is 0. The summed E-state index contributed by atoms with van der Waals surface area (Å²) in [5.74, 6) is 0. The Labute approximate surface area is 83.4 Å². The van der Waals surface area contributed by atoms with E-state index in [4.69, 9.17) is 0 Å². The average Bonchev–Trinajstić information content (AvgIpc) is 2.11. The van der Waals surface area contributed by atoms with Gasteiger partial charge in [0.05, 0.1) is 0 Å². The van der Waals surface area contributed by atoms with Crippen molar-refractivity contribution in [1.29, 1.82) is 0 Å². The molecule has 0 saturated heterocycles. The zero-order valence-corrected chi connectivity index (χ0v) is 8.99. The van der Waals surface area contributed by atoms with Gasteiger partial charge in [0.25, 0.3) is 0 Å². The van der Waals surface area contributed by atoms with Crippen LogP contribution >= 0.6 is 0 Å². The van der Waals surface area contributed by atoms with Crippen LogP contribution in [0.4, 0.5) is 0 Å². The Morgan fingerprint density at radius 1 is 0.538 bits per heavy atom. The molecule has 0 atom stereocenters. The van der Waals surface area contributed by atoms with Gasteiger partial charge in [0.15, 0.2) is 0 Å². The van der Waals surface area contributed by atoms with Gasteiger partial charge in [0, 0.05) is 0 Å². The molecule has 13 heavy (non-hydrogen) atoms. The summed E-state index contributed by atoms with van der Waals surface area (Å²) >= 11 is 0. The molecule has 0 aliphatic heterocycles. The highest BCUT2D eigenvalue weighted by atomic mass is 14.0. The fourth-order valence-corrected chi connectivity index (χ4v) is 2.11. The molecule has 0 radical (unpaired) electrons. The molecule has 0 nitrogen and oxygen atoms in total. The van der Waals surface area contributed by atoms with Crippen molar-refractivity contribution < 1.29 is 0 Å². The fraction of sp³-hybridized carbons (Fsp3) is 0.846. The van der Waals surface area contributed by atoms with Gasteiger partial charge >= 0.3 is 0 Å². The third-order valence-electron chi connectivity index (χ3n) is 3.06. The summed E-state index contributed by atoms with van der Waals surface area (Å²) in [5, 5.41) is 0. The summed E-state index contributed by atoms with van der Waals surface area (Å²) < 4.78 is 0. The van der Waals surface area contributed by atoms with Gasteiger partial charge in [-0.1, -0.05) is 57.1 Å². The van der Waals surface area contributed by atoms with E-state index in [0.29, 0.717) is 0 Å². The maximum atomic E-state index is 4.14. The fourth-order valence-electron chi connectivity index (χ4n) is 2.11. The molecule has 0 aromatic rings. The predicted molar refractivity (Wildman–Crippen MR) is 59.9 cm³/mol. The van der Waals surface area contributed by atoms with Crippen LogP contribution in [0.5, 0.6) is 0 Å². The van der Waals surface area contributed by atoms with Gasteiger partial charge in [0.2, 0.25) is 0 Å². The smallest absolute Gasteiger partial charge is 0.0323 e. The van der Waals surface area contributed by atoms with Crippen LogP contribution in [0.15, 0.2) is 12.2 Å². The van der Waals surface area contributed by atoms with Crippen molar-refractivity contribution >= 4 is 0 Å². The topological polar surface area (TPSA) is 0 Å². The molecule has 0 heteroatoms. The zero-order chi connectivity index (χ0) is 9.36. The van der Waals surface area contributed by atoms with E-state index < -0.39 is 0 Å². The van der Waals surface area contributed by atoms with Gasteiger partial charge in [-0.05, 0) is 25.7 Å². The Kier molecular flexibility index (Phi) is 5.97. The Hall–Kier alpha value is -0.260. The number of allylic oxidation sites excluding steroid dienone is 1. The molecule has 0 spiro atoms. The van der Waals surface area contributed by atoms with Gasteiger partial charge in [-0.3, -0.25) is 0 Å². The van der Waals surface area contributed by atoms with Gasteiger partial charge < -0.3 is 0 Å². The maximum Gasteiger partial charge on any atom is -0.0323 e. The third-order valence-corrected chi connectivity index (χ3v) is 3.06. The van der Waals surface area contributed by atoms with E-state index in [2.05, 4.69) is 6.58 Å². The lowest BCUT2D eigenvalue weighted by Crippen LogP contribution is -1.88. The van der Waals surface area contributed by atoms with Gasteiger partial charge in [-0.2, -0.15) is 0 Å². The second kappa shape index (κ2) is 7.17. The first-order chi connectivity index (χ1) is 6.39. The average molecular weight is 180 g/mol. The Bertz CT molecular complexity index is 121. The van der Waals surface area contributed by atoms with E-state index in [9.17, 15) is 0 Å². The molecule has 1 aliphatic rings. The van der Waals surface area contributed by atoms with Crippen molar-refractivity contribution in [3.8, 4) is 0 Å². The van der Waals surface area contributed by atoms with Crippen molar-refractivity contribution in [1.82, 2.24) is 0 Å². The predicted octanol–water partition coefficient (Wildman–Crippen LogP) is 4.85. The molecule has 1 saturated carbocycles. The normalized spacial score (nSPS) is 23.2. The van der Waals surface area contributed by atoms with Crippen LogP contribution in [0.1, 0.15) is 70.6 Å². The lowest BCUT2D eigenvalue weighted by atomic mass is 9.99. The van der Waals surface area contributed by atoms with Crippen LogP contribution in [0.2, 0.25) is 0 Å². The molecule has 0 aromatic heterocycles. The minimum Gasteiger partial charge on any atom is -0.0999 e. The minimum atomic E-state index is 1.29. The first-order valence-electron chi connectivity index (χ1n) is 6.06. The van der Waals surface area contributed by atoms with Crippen LogP contribution in [0.3, 0.4) is 0 Å². The molecule has 1 rings (SSSR count). The summed E-state index contributed by atoms with van der Waals surface area (Å²) in [6.45, 7) is 4.14. The van der Waals surface area contributed by atoms with Crippen molar-refractivity contribution in [2.45, 2.75) is 70.6 Å². The van der Waals surface area contributed by atoms with Crippen LogP contribution in [-0.2, 0) is 0 Å². The molecule has 0 heterocycles. The van der Waals surface area contributed by atoms with Gasteiger partial charge in [0.1, 0.15) is 0 Å². The Morgan fingerprint density at radius 3 is 1.23 bits per heavy atom. The van der Waals surface area contributed by atoms with E-state index in [1.54, 1.807) is 0 Å². The van der Waals surface area contributed by atoms with E-state index in [0.717, 1.165) is 0 Å². The standard InChI is InChI=1S/C13H24/c1-13-11-9-7-5-3-2-4-6-8-10-12-13/h1-12H2. The van der Waals surface area contributed by atoms with Gasteiger partial charge in [-0.25, -0.2) is 0 Å². The second-order valence-electron chi connectivity index (χ2n) is 4.43. The minimum absolute atomic E-state index is 1.29. The highest BCUT2D eigenvalue weighted by Gasteiger charge is 1.98. The van der Waals surface area contributed by atoms with E-state index >= 15 is 0 Å². The molecule has 0 bridgehead atoms. The van der Waals surface area contributed by atoms with Crippen molar-refractivity contribution in [3.05, 3.63) is 12.2 Å². The first kappa shape index (κ1) is 10.8. The summed E-state index contributed by atoms with van der Waals surface area (Å²) in [6, 6.07) is 0. The van der Waals surface area contributed by atoms with Crippen LogP contribution in [-0.4, -0.2) is 0 Å². The SMILES string of the molecule is C=C1CCCCCCCCCCC1. The highest BCUT2D eigenvalue weighted by Crippen LogP contribution is 2.18. The lowest BCUT2D eigenvalue weighted by Gasteiger charge is -2.08. The van der Waals surface area contributed by atoms with E-state index in [1.807, 2.05) is 0 Å². The van der Waals surface area contributed by atoms with Crippen LogP contribution < -0.4 is 0 Å². The summed E-state index contributed by atoms with van der Waals surface area (Å²) in [7, 11) is 0. The molecule has 0 N–H and O–H groups in total. The highest BCUT2D eigenvalue weighted by molar-refractivity contribution is 4.93. The van der Waals surface area contributed by atoms with Crippen LogP contribution in [0, 0.1) is 0 Å². The number of hydrogen-bond donors (Lipinski definition) is 0. The first-order valence-corrected chi connectivity index (χ1v) is 6.06. The van der Waals surface area contributed by atoms with Gasteiger partial charge in [-0.15, -0.1) is 0 Å². The summed E-state index contributed by atoms with van der Waals surface area (Å²) in [6.07, 6.45) is 15.5. The Morgan fingerprint density at radius 2 is 0.846 bits per heavy atom. The number of hydrogen-bond acceptors (Lipinski definition) is 0. The molecular formula is C13H24. The largest absolute Gasteiger partial charge is 0.0999 e. The molecule has 0 amide bonds.